The minimum atomic E-state index is -4.16. The maximum Gasteiger partial charge on any atom is 0.427 e. The lowest BCUT2D eigenvalue weighted by Crippen LogP contribution is -2.29. The number of hydrogen-bond donors (Lipinski definition) is 1. The molecule has 0 aromatic heterocycles. The molecule has 1 aromatic rings. The SMILES string of the molecule is COc1ccc(OC(=O)NS(=O)(=O)Cl)c(Br)c1. The molecule has 0 aliphatic heterocycles. The minimum absolute atomic E-state index is 0.128. The Kier molecular flexibility index (Phi) is 4.61. The first-order valence-electron chi connectivity index (χ1n) is 4.09. The van der Waals surface area contributed by atoms with Gasteiger partial charge in [-0.2, -0.15) is 8.42 Å². The second-order valence-electron chi connectivity index (χ2n) is 2.73. The molecule has 0 heterocycles. The van der Waals surface area contributed by atoms with Gasteiger partial charge in [-0.3, -0.25) is 0 Å². The highest BCUT2D eigenvalue weighted by Crippen LogP contribution is 2.29. The van der Waals surface area contributed by atoms with Crippen LogP contribution in [0, 0.1) is 0 Å². The van der Waals surface area contributed by atoms with Gasteiger partial charge >= 0.3 is 15.3 Å². The van der Waals surface area contributed by atoms with Crippen molar-refractivity contribution in [1.82, 2.24) is 4.72 Å². The summed E-state index contributed by atoms with van der Waals surface area (Å²) >= 11 is 3.13. The molecule has 0 radical (unpaired) electrons. The fourth-order valence-corrected chi connectivity index (χ4v) is 1.78. The van der Waals surface area contributed by atoms with Crippen molar-refractivity contribution in [3.05, 3.63) is 22.7 Å². The van der Waals surface area contributed by atoms with Gasteiger partial charge in [0.1, 0.15) is 11.5 Å². The molecule has 9 heteroatoms. The van der Waals surface area contributed by atoms with E-state index in [-0.39, 0.29) is 5.75 Å². The van der Waals surface area contributed by atoms with Crippen molar-refractivity contribution in [2.24, 2.45) is 0 Å². The summed E-state index contributed by atoms with van der Waals surface area (Å²) in [6, 6.07) is 4.53. The summed E-state index contributed by atoms with van der Waals surface area (Å²) in [5.41, 5.74) is 0. The van der Waals surface area contributed by atoms with Gasteiger partial charge in [-0.05, 0) is 34.1 Å². The molecule has 0 aliphatic carbocycles. The summed E-state index contributed by atoms with van der Waals surface area (Å²) in [6.45, 7) is 0. The zero-order chi connectivity index (χ0) is 13.1. The lowest BCUT2D eigenvalue weighted by Gasteiger charge is -2.07. The van der Waals surface area contributed by atoms with Crippen LogP contribution in [0.5, 0.6) is 11.5 Å². The van der Waals surface area contributed by atoms with Gasteiger partial charge in [0.25, 0.3) is 0 Å². The van der Waals surface area contributed by atoms with E-state index in [1.807, 2.05) is 0 Å². The van der Waals surface area contributed by atoms with Crippen molar-refractivity contribution >= 4 is 41.9 Å². The smallest absolute Gasteiger partial charge is 0.427 e. The molecule has 17 heavy (non-hydrogen) atoms. The number of halogens is 2. The second-order valence-corrected chi connectivity index (χ2v) is 5.88. The monoisotopic (exact) mass is 343 g/mol. The largest absolute Gasteiger partial charge is 0.497 e. The van der Waals surface area contributed by atoms with Crippen molar-refractivity contribution in [1.29, 1.82) is 0 Å². The Morgan fingerprint density at radius 1 is 1.47 bits per heavy atom. The standard InChI is InChI=1S/C8H7BrClNO5S/c1-15-5-2-3-7(6(9)4-5)16-8(12)11-17(10,13)14/h2-4H,1H3,(H,11,12). The molecule has 1 aromatic carbocycles. The van der Waals surface area contributed by atoms with E-state index in [0.717, 1.165) is 0 Å². The third kappa shape index (κ3) is 4.80. The molecule has 0 saturated carbocycles. The van der Waals surface area contributed by atoms with Crippen molar-refractivity contribution < 1.29 is 22.7 Å². The van der Waals surface area contributed by atoms with E-state index < -0.39 is 15.3 Å². The number of ether oxygens (including phenoxy) is 2. The lowest BCUT2D eigenvalue weighted by molar-refractivity contribution is 0.206. The van der Waals surface area contributed by atoms with E-state index in [1.165, 1.54) is 17.9 Å². The first-order chi connectivity index (χ1) is 7.81. The molecule has 94 valence electrons. The average Bonchev–Trinajstić information content (AvgIpc) is 2.18. The number of nitrogens with one attached hydrogen (secondary N) is 1. The first kappa shape index (κ1) is 14.1. The van der Waals surface area contributed by atoms with Gasteiger partial charge in [-0.1, -0.05) is 0 Å². The van der Waals surface area contributed by atoms with Gasteiger partial charge in [0, 0.05) is 10.7 Å². The fraction of sp³-hybridized carbons (Fsp3) is 0.125. The van der Waals surface area contributed by atoms with Gasteiger partial charge in [0.15, 0.2) is 0 Å². The highest BCUT2D eigenvalue weighted by molar-refractivity contribution is 9.10. The molecular weight excluding hydrogens is 338 g/mol. The van der Waals surface area contributed by atoms with Crippen LogP contribution in [0.25, 0.3) is 0 Å². The van der Waals surface area contributed by atoms with Gasteiger partial charge in [-0.15, -0.1) is 0 Å². The summed E-state index contributed by atoms with van der Waals surface area (Å²) in [7, 11) is 2.13. The predicted molar refractivity (Wildman–Crippen MR) is 64.6 cm³/mol. The summed E-state index contributed by atoms with van der Waals surface area (Å²) in [6.07, 6.45) is -1.20. The van der Waals surface area contributed by atoms with Crippen LogP contribution in [0.2, 0.25) is 0 Å². The summed E-state index contributed by atoms with van der Waals surface area (Å²) in [5, 5.41) is 0. The molecule has 0 unspecified atom stereocenters. The molecule has 0 atom stereocenters. The van der Waals surface area contributed by atoms with E-state index >= 15 is 0 Å². The molecule has 6 nitrogen and oxygen atoms in total. The normalized spacial score (nSPS) is 10.8. The number of carbonyl (C=O) groups excluding carboxylic acids is 1. The number of benzene rings is 1. The Bertz CT molecular complexity index is 533. The van der Waals surface area contributed by atoms with Crippen LogP contribution >= 0.6 is 26.6 Å². The van der Waals surface area contributed by atoms with Crippen LogP contribution in [-0.2, 0) is 9.24 Å². The van der Waals surface area contributed by atoms with Crippen molar-refractivity contribution in [2.75, 3.05) is 7.11 Å². The topological polar surface area (TPSA) is 81.7 Å². The molecule has 0 fully saturated rings. The molecule has 1 N–H and O–H groups in total. The Morgan fingerprint density at radius 2 is 2.12 bits per heavy atom. The minimum Gasteiger partial charge on any atom is -0.497 e. The average molecular weight is 345 g/mol. The third-order valence-electron chi connectivity index (χ3n) is 1.55. The molecular formula is C8H7BrClNO5S. The quantitative estimate of drug-likeness (QED) is 0.849. The van der Waals surface area contributed by atoms with Crippen molar-refractivity contribution in [3.8, 4) is 11.5 Å². The highest BCUT2D eigenvalue weighted by Gasteiger charge is 2.14. The van der Waals surface area contributed by atoms with Gasteiger partial charge in [-0.25, -0.2) is 9.52 Å². The fourth-order valence-electron chi connectivity index (χ4n) is 0.912. The van der Waals surface area contributed by atoms with E-state index in [4.69, 9.17) is 20.2 Å². The number of amides is 1. The van der Waals surface area contributed by atoms with Crippen LogP contribution in [0.4, 0.5) is 4.79 Å². The number of rotatable bonds is 3. The maximum atomic E-state index is 11.1. The number of carbonyl (C=O) groups is 1. The van der Waals surface area contributed by atoms with Gasteiger partial charge < -0.3 is 9.47 Å². The Balaban J connectivity index is 2.79. The van der Waals surface area contributed by atoms with Crippen molar-refractivity contribution in [2.45, 2.75) is 0 Å². The van der Waals surface area contributed by atoms with Gasteiger partial charge in [0.2, 0.25) is 0 Å². The molecule has 0 spiro atoms. The maximum absolute atomic E-state index is 11.1. The summed E-state index contributed by atoms with van der Waals surface area (Å²) in [5.74, 6) is 0.679. The number of hydrogen-bond acceptors (Lipinski definition) is 5. The highest BCUT2D eigenvalue weighted by atomic mass is 79.9. The zero-order valence-corrected chi connectivity index (χ0v) is 11.6. The number of methoxy groups -OCH3 is 1. The third-order valence-corrected chi connectivity index (χ3v) is 2.81. The van der Waals surface area contributed by atoms with E-state index in [2.05, 4.69) is 15.9 Å². The summed E-state index contributed by atoms with van der Waals surface area (Å²) < 4.78 is 32.6. The van der Waals surface area contributed by atoms with Crippen LogP contribution in [0.3, 0.4) is 0 Å². The molecule has 1 amide bonds. The van der Waals surface area contributed by atoms with Crippen LogP contribution in [-0.4, -0.2) is 21.6 Å². The molecule has 0 aliphatic rings. The van der Waals surface area contributed by atoms with E-state index in [1.54, 1.807) is 12.1 Å². The van der Waals surface area contributed by atoms with Crippen LogP contribution < -0.4 is 14.2 Å². The Hall–Kier alpha value is -0.990. The lowest BCUT2D eigenvalue weighted by atomic mass is 10.3. The Labute approximate surface area is 111 Å². The van der Waals surface area contributed by atoms with E-state index in [9.17, 15) is 13.2 Å². The van der Waals surface area contributed by atoms with Crippen LogP contribution in [0.15, 0.2) is 22.7 Å². The van der Waals surface area contributed by atoms with Crippen LogP contribution in [0.1, 0.15) is 0 Å². The second kappa shape index (κ2) is 5.56. The predicted octanol–water partition coefficient (Wildman–Crippen LogP) is 2.03. The molecule has 1 rings (SSSR count). The summed E-state index contributed by atoms with van der Waals surface area (Å²) in [4.78, 5) is 11.1. The van der Waals surface area contributed by atoms with E-state index in [0.29, 0.717) is 10.2 Å². The Morgan fingerprint density at radius 3 is 2.59 bits per heavy atom. The van der Waals surface area contributed by atoms with Crippen molar-refractivity contribution in [3.63, 3.8) is 0 Å². The molecule has 0 saturated heterocycles. The van der Waals surface area contributed by atoms with Gasteiger partial charge in [0.05, 0.1) is 11.6 Å². The molecule has 0 bridgehead atoms. The zero-order valence-electron chi connectivity index (χ0n) is 8.44. The first-order valence-corrected chi connectivity index (χ1v) is 7.20.